The van der Waals surface area contributed by atoms with Crippen LogP contribution in [0.1, 0.15) is 18.4 Å². The lowest BCUT2D eigenvalue weighted by Gasteiger charge is -2.12. The van der Waals surface area contributed by atoms with Crippen LogP contribution in [0.15, 0.2) is 22.7 Å². The number of halogens is 1. The minimum Gasteiger partial charge on any atom is -0.491 e. The fourth-order valence-corrected chi connectivity index (χ4v) is 2.34. The third-order valence-corrected chi connectivity index (χ3v) is 3.35. The van der Waals surface area contributed by atoms with Gasteiger partial charge in [-0.15, -0.1) is 0 Å². The van der Waals surface area contributed by atoms with E-state index in [0.29, 0.717) is 12.2 Å². The van der Waals surface area contributed by atoms with Crippen molar-refractivity contribution in [2.45, 2.75) is 18.9 Å². The second-order valence-electron chi connectivity index (χ2n) is 4.00. The van der Waals surface area contributed by atoms with Crippen molar-refractivity contribution in [3.8, 4) is 5.75 Å². The van der Waals surface area contributed by atoms with Gasteiger partial charge in [0.1, 0.15) is 18.2 Å². The molecule has 0 radical (unpaired) electrons. The van der Waals surface area contributed by atoms with Crippen LogP contribution < -0.4 is 10.5 Å². The minimum atomic E-state index is 0.0440. The molecule has 1 heterocycles. The van der Waals surface area contributed by atoms with Crippen LogP contribution in [-0.2, 0) is 4.74 Å². The molecular formula is C12H15BrN2O2. The van der Waals surface area contributed by atoms with Crippen molar-refractivity contribution in [2.24, 2.45) is 5.73 Å². The molecule has 0 spiro atoms. The molecule has 0 amide bonds. The van der Waals surface area contributed by atoms with Crippen molar-refractivity contribution in [3.05, 3.63) is 28.2 Å². The summed E-state index contributed by atoms with van der Waals surface area (Å²) in [5.74, 6) is 0.805. The third kappa shape index (κ3) is 3.20. The second kappa shape index (κ2) is 5.51. The predicted molar refractivity (Wildman–Crippen MR) is 69.6 cm³/mol. The van der Waals surface area contributed by atoms with E-state index in [2.05, 4.69) is 15.9 Å². The first-order valence-corrected chi connectivity index (χ1v) is 6.34. The van der Waals surface area contributed by atoms with E-state index in [4.69, 9.17) is 20.6 Å². The summed E-state index contributed by atoms with van der Waals surface area (Å²) in [6, 6.07) is 5.42. The largest absolute Gasteiger partial charge is 0.491 e. The number of nitrogens with one attached hydrogen (secondary N) is 1. The summed E-state index contributed by atoms with van der Waals surface area (Å²) in [6.45, 7) is 1.41. The first-order valence-electron chi connectivity index (χ1n) is 5.55. The zero-order valence-electron chi connectivity index (χ0n) is 9.41. The lowest BCUT2D eigenvalue weighted by molar-refractivity contribution is 0.0679. The fraction of sp³-hybridized carbons (Fsp3) is 0.417. The molecule has 1 aromatic rings. The van der Waals surface area contributed by atoms with Gasteiger partial charge < -0.3 is 15.2 Å². The Morgan fingerprint density at radius 1 is 1.59 bits per heavy atom. The molecule has 0 aliphatic carbocycles. The van der Waals surface area contributed by atoms with Gasteiger partial charge in [0.25, 0.3) is 0 Å². The summed E-state index contributed by atoms with van der Waals surface area (Å²) in [4.78, 5) is 0. The number of nitrogens with two attached hydrogens (primary N) is 1. The molecule has 0 aromatic heterocycles. The number of amidine groups is 1. The third-order valence-electron chi connectivity index (χ3n) is 2.69. The zero-order chi connectivity index (χ0) is 12.3. The summed E-state index contributed by atoms with van der Waals surface area (Å²) in [6.07, 6.45) is 2.38. The van der Waals surface area contributed by atoms with Gasteiger partial charge in [0.2, 0.25) is 0 Å². The lowest BCUT2D eigenvalue weighted by Crippen LogP contribution is -2.16. The molecule has 17 heavy (non-hydrogen) atoms. The minimum absolute atomic E-state index is 0.0440. The highest BCUT2D eigenvalue weighted by Crippen LogP contribution is 2.23. The number of benzene rings is 1. The van der Waals surface area contributed by atoms with Gasteiger partial charge in [-0.2, -0.15) is 0 Å². The van der Waals surface area contributed by atoms with E-state index in [1.807, 2.05) is 12.1 Å². The van der Waals surface area contributed by atoms with Gasteiger partial charge >= 0.3 is 0 Å². The summed E-state index contributed by atoms with van der Waals surface area (Å²) in [5.41, 5.74) is 6.11. The topological polar surface area (TPSA) is 68.3 Å². The molecule has 1 aromatic carbocycles. The molecule has 0 bridgehead atoms. The van der Waals surface area contributed by atoms with Gasteiger partial charge in [0, 0.05) is 16.6 Å². The number of hydrogen-bond donors (Lipinski definition) is 2. The van der Waals surface area contributed by atoms with Gasteiger partial charge in [-0.05, 0) is 47.0 Å². The quantitative estimate of drug-likeness (QED) is 0.662. The molecule has 1 aliphatic rings. The van der Waals surface area contributed by atoms with Crippen molar-refractivity contribution in [2.75, 3.05) is 13.2 Å². The summed E-state index contributed by atoms with van der Waals surface area (Å²) in [5, 5.41) is 7.37. The Labute approximate surface area is 109 Å². The number of nitrogen functional groups attached to an aromatic ring is 1. The maximum absolute atomic E-state index is 7.37. The highest BCUT2D eigenvalue weighted by molar-refractivity contribution is 9.10. The molecule has 1 saturated heterocycles. The SMILES string of the molecule is N=C(N)c1ccc(OCC2CCCO2)cc1Br. The predicted octanol–water partition coefficient (Wildman–Crippen LogP) is 2.29. The van der Waals surface area contributed by atoms with E-state index in [9.17, 15) is 0 Å². The Balaban J connectivity index is 1.97. The average molecular weight is 299 g/mol. The number of hydrogen-bond acceptors (Lipinski definition) is 3. The maximum Gasteiger partial charge on any atom is 0.123 e. The molecule has 5 heteroatoms. The molecule has 2 rings (SSSR count). The van der Waals surface area contributed by atoms with Crippen LogP contribution in [0.25, 0.3) is 0 Å². The summed E-state index contributed by atoms with van der Waals surface area (Å²) in [7, 11) is 0. The van der Waals surface area contributed by atoms with Crippen LogP contribution in [0.4, 0.5) is 0 Å². The highest BCUT2D eigenvalue weighted by Gasteiger charge is 2.16. The van der Waals surface area contributed by atoms with Crippen molar-refractivity contribution in [3.63, 3.8) is 0 Å². The molecule has 1 atom stereocenters. The standard InChI is InChI=1S/C12H15BrN2O2/c13-11-6-8(3-4-10(11)12(14)15)17-7-9-2-1-5-16-9/h3-4,6,9H,1-2,5,7H2,(H3,14,15). The van der Waals surface area contributed by atoms with Gasteiger partial charge in [-0.3, -0.25) is 5.41 Å². The maximum atomic E-state index is 7.37. The monoisotopic (exact) mass is 298 g/mol. The van der Waals surface area contributed by atoms with E-state index in [1.54, 1.807) is 6.07 Å². The Morgan fingerprint density at radius 2 is 2.41 bits per heavy atom. The van der Waals surface area contributed by atoms with Gasteiger partial charge in [-0.25, -0.2) is 0 Å². The fourth-order valence-electron chi connectivity index (χ4n) is 1.77. The van der Waals surface area contributed by atoms with Crippen LogP contribution >= 0.6 is 15.9 Å². The molecule has 1 aliphatic heterocycles. The van der Waals surface area contributed by atoms with Crippen LogP contribution in [-0.4, -0.2) is 25.2 Å². The van der Waals surface area contributed by atoms with Crippen molar-refractivity contribution >= 4 is 21.8 Å². The van der Waals surface area contributed by atoms with E-state index in [0.717, 1.165) is 29.7 Å². The first-order chi connectivity index (χ1) is 8.16. The van der Waals surface area contributed by atoms with Crippen LogP contribution in [0.5, 0.6) is 5.75 Å². The van der Waals surface area contributed by atoms with Crippen LogP contribution in [0.2, 0.25) is 0 Å². The van der Waals surface area contributed by atoms with Crippen LogP contribution in [0.3, 0.4) is 0 Å². The van der Waals surface area contributed by atoms with E-state index < -0.39 is 0 Å². The smallest absolute Gasteiger partial charge is 0.123 e. The Morgan fingerprint density at radius 3 is 3.00 bits per heavy atom. The number of rotatable bonds is 4. The molecule has 0 saturated carbocycles. The summed E-state index contributed by atoms with van der Waals surface area (Å²) >= 11 is 3.37. The van der Waals surface area contributed by atoms with Gasteiger partial charge in [-0.1, -0.05) is 0 Å². The van der Waals surface area contributed by atoms with Crippen LogP contribution in [0, 0.1) is 5.41 Å². The van der Waals surface area contributed by atoms with Crippen molar-refractivity contribution in [1.29, 1.82) is 5.41 Å². The average Bonchev–Trinajstić information content (AvgIpc) is 2.78. The molecule has 4 nitrogen and oxygen atoms in total. The van der Waals surface area contributed by atoms with Crippen molar-refractivity contribution in [1.82, 2.24) is 0 Å². The van der Waals surface area contributed by atoms with E-state index in [1.165, 1.54) is 0 Å². The second-order valence-corrected chi connectivity index (χ2v) is 4.86. The summed E-state index contributed by atoms with van der Waals surface area (Å²) < 4.78 is 11.9. The Hall–Kier alpha value is -1.07. The van der Waals surface area contributed by atoms with Crippen molar-refractivity contribution < 1.29 is 9.47 Å². The van der Waals surface area contributed by atoms with Gasteiger partial charge in [0.05, 0.1) is 6.10 Å². The molecule has 3 N–H and O–H groups in total. The number of ether oxygens (including phenoxy) is 2. The zero-order valence-corrected chi connectivity index (χ0v) is 11.0. The molecule has 92 valence electrons. The normalized spacial score (nSPS) is 19.2. The van der Waals surface area contributed by atoms with E-state index in [-0.39, 0.29) is 11.9 Å². The Bertz CT molecular complexity index is 417. The molecule has 1 unspecified atom stereocenters. The highest BCUT2D eigenvalue weighted by atomic mass is 79.9. The Kier molecular flexibility index (Phi) is 4.02. The first kappa shape index (κ1) is 12.4. The molecular weight excluding hydrogens is 284 g/mol. The van der Waals surface area contributed by atoms with Gasteiger partial charge in [0.15, 0.2) is 0 Å². The lowest BCUT2D eigenvalue weighted by atomic mass is 10.2. The molecule has 1 fully saturated rings. The van der Waals surface area contributed by atoms with E-state index >= 15 is 0 Å².